The Morgan fingerprint density at radius 1 is 1.03 bits per heavy atom. The maximum Gasteiger partial charge on any atom is 0.242 e. The highest BCUT2D eigenvalue weighted by molar-refractivity contribution is 5.87. The Kier molecular flexibility index (Phi) is 8.85. The van der Waals surface area contributed by atoms with Crippen LogP contribution in [0.5, 0.6) is 0 Å². The summed E-state index contributed by atoms with van der Waals surface area (Å²) in [6, 6.07) is 16.1. The number of rotatable bonds is 9. The minimum atomic E-state index is -0.511. The van der Waals surface area contributed by atoms with Crippen LogP contribution in [0, 0.1) is 6.92 Å². The maximum absolute atomic E-state index is 13.2. The Hall–Kier alpha value is -2.62. The van der Waals surface area contributed by atoms with Gasteiger partial charge in [-0.15, -0.1) is 0 Å². The van der Waals surface area contributed by atoms with Gasteiger partial charge >= 0.3 is 0 Å². The molecule has 31 heavy (non-hydrogen) atoms. The van der Waals surface area contributed by atoms with Crippen LogP contribution in [-0.4, -0.2) is 29.3 Å². The molecule has 2 amide bonds. The highest BCUT2D eigenvalue weighted by Crippen LogP contribution is 2.22. The highest BCUT2D eigenvalue weighted by Gasteiger charge is 2.25. The fourth-order valence-corrected chi connectivity index (χ4v) is 3.55. The molecule has 2 aromatic rings. The SMILES string of the molecule is CCCNC(=O)[C@H](C)N(Cc1cccc(C)c1)C(=O)CCc1ccc(C(C)(C)C)cc1. The molecule has 4 nitrogen and oxygen atoms in total. The van der Waals surface area contributed by atoms with E-state index >= 15 is 0 Å². The van der Waals surface area contributed by atoms with E-state index in [0.717, 1.165) is 23.1 Å². The number of hydrogen-bond donors (Lipinski definition) is 1. The Bertz CT molecular complexity index is 866. The minimum Gasteiger partial charge on any atom is -0.354 e. The molecule has 4 heteroatoms. The molecule has 0 heterocycles. The molecule has 2 aromatic carbocycles. The van der Waals surface area contributed by atoms with Gasteiger partial charge in [0.15, 0.2) is 0 Å². The first-order valence-electron chi connectivity index (χ1n) is 11.3. The van der Waals surface area contributed by atoms with Gasteiger partial charge in [0, 0.05) is 19.5 Å². The van der Waals surface area contributed by atoms with Crippen LogP contribution in [-0.2, 0) is 28.0 Å². The fourth-order valence-electron chi connectivity index (χ4n) is 3.55. The van der Waals surface area contributed by atoms with Crippen molar-refractivity contribution in [3.05, 3.63) is 70.8 Å². The lowest BCUT2D eigenvalue weighted by Gasteiger charge is -2.29. The van der Waals surface area contributed by atoms with Crippen molar-refractivity contribution in [1.82, 2.24) is 10.2 Å². The third kappa shape index (κ3) is 7.54. The molecule has 0 fully saturated rings. The van der Waals surface area contributed by atoms with Crippen molar-refractivity contribution >= 4 is 11.8 Å². The molecule has 0 aromatic heterocycles. The number of benzene rings is 2. The number of hydrogen-bond acceptors (Lipinski definition) is 2. The van der Waals surface area contributed by atoms with Gasteiger partial charge in [-0.2, -0.15) is 0 Å². The van der Waals surface area contributed by atoms with Crippen LogP contribution in [0.4, 0.5) is 0 Å². The number of carbonyl (C=O) groups excluding carboxylic acids is 2. The Morgan fingerprint density at radius 2 is 1.71 bits per heavy atom. The van der Waals surface area contributed by atoms with E-state index in [1.165, 1.54) is 5.56 Å². The lowest BCUT2D eigenvalue weighted by atomic mass is 9.86. The van der Waals surface area contributed by atoms with Gasteiger partial charge in [-0.3, -0.25) is 9.59 Å². The second kappa shape index (κ2) is 11.1. The molecule has 168 valence electrons. The van der Waals surface area contributed by atoms with Gasteiger partial charge in [-0.25, -0.2) is 0 Å². The van der Waals surface area contributed by atoms with Gasteiger partial charge in [0.05, 0.1) is 0 Å². The van der Waals surface area contributed by atoms with Crippen LogP contribution in [0.25, 0.3) is 0 Å². The maximum atomic E-state index is 13.2. The van der Waals surface area contributed by atoms with Crippen LogP contribution in [0.1, 0.15) is 69.7 Å². The Labute approximate surface area is 188 Å². The van der Waals surface area contributed by atoms with Gasteiger partial charge in [-0.05, 0) is 48.8 Å². The van der Waals surface area contributed by atoms with Gasteiger partial charge in [0.1, 0.15) is 6.04 Å². The van der Waals surface area contributed by atoms with Gasteiger partial charge in [0.2, 0.25) is 11.8 Å². The van der Waals surface area contributed by atoms with Crippen molar-refractivity contribution in [2.45, 2.75) is 78.8 Å². The summed E-state index contributed by atoms with van der Waals surface area (Å²) in [6.07, 6.45) is 1.91. The number of aryl methyl sites for hydroxylation is 2. The molecular weight excluding hydrogens is 384 g/mol. The fraction of sp³-hybridized carbons (Fsp3) is 0.481. The van der Waals surface area contributed by atoms with E-state index in [1.807, 2.05) is 39.0 Å². The number of amides is 2. The molecular formula is C27H38N2O2. The molecule has 0 aliphatic rings. The first-order chi connectivity index (χ1) is 14.6. The van der Waals surface area contributed by atoms with Crippen molar-refractivity contribution in [2.24, 2.45) is 0 Å². The minimum absolute atomic E-state index is 0.000512. The molecule has 0 saturated heterocycles. The number of nitrogens with zero attached hydrogens (tertiary/aromatic N) is 1. The first kappa shape index (κ1) is 24.6. The van der Waals surface area contributed by atoms with Crippen molar-refractivity contribution in [2.75, 3.05) is 6.54 Å². The van der Waals surface area contributed by atoms with Crippen molar-refractivity contribution in [3.8, 4) is 0 Å². The van der Waals surface area contributed by atoms with E-state index in [9.17, 15) is 9.59 Å². The highest BCUT2D eigenvalue weighted by atomic mass is 16.2. The summed E-state index contributed by atoms with van der Waals surface area (Å²) in [5.74, 6) is -0.0991. The smallest absolute Gasteiger partial charge is 0.242 e. The quantitative estimate of drug-likeness (QED) is 0.606. The predicted octanol–water partition coefficient (Wildman–Crippen LogP) is 5.17. The first-order valence-corrected chi connectivity index (χ1v) is 11.3. The summed E-state index contributed by atoms with van der Waals surface area (Å²) in [6.45, 7) is 13.5. The topological polar surface area (TPSA) is 49.4 Å². The van der Waals surface area contributed by atoms with Gasteiger partial charge in [0.25, 0.3) is 0 Å². The molecule has 1 N–H and O–H groups in total. The van der Waals surface area contributed by atoms with E-state index in [1.54, 1.807) is 4.90 Å². The van der Waals surface area contributed by atoms with E-state index < -0.39 is 6.04 Å². The third-order valence-corrected chi connectivity index (χ3v) is 5.60. The zero-order valence-electron chi connectivity index (χ0n) is 20.0. The van der Waals surface area contributed by atoms with Crippen LogP contribution in [0.3, 0.4) is 0 Å². The molecule has 1 atom stereocenters. The molecule has 0 aliphatic carbocycles. The van der Waals surface area contributed by atoms with Crippen LogP contribution in [0.15, 0.2) is 48.5 Å². The second-order valence-corrected chi connectivity index (χ2v) is 9.42. The third-order valence-electron chi connectivity index (χ3n) is 5.60. The molecule has 0 spiro atoms. The Balaban J connectivity index is 2.12. The standard InChI is InChI=1S/C27H38N2O2/c1-7-17-28-26(31)21(3)29(19-23-10-8-9-20(2)18-23)25(30)16-13-22-11-14-24(15-12-22)27(4,5)6/h8-12,14-15,18,21H,7,13,16-17,19H2,1-6H3,(H,28,31)/t21-/m0/s1. The van der Waals surface area contributed by atoms with E-state index in [0.29, 0.717) is 25.9 Å². The average molecular weight is 423 g/mol. The molecule has 0 radical (unpaired) electrons. The van der Waals surface area contributed by atoms with Crippen molar-refractivity contribution in [3.63, 3.8) is 0 Å². The normalized spacial score (nSPS) is 12.3. The number of carbonyl (C=O) groups is 2. The second-order valence-electron chi connectivity index (χ2n) is 9.42. The largest absolute Gasteiger partial charge is 0.354 e. The predicted molar refractivity (Wildman–Crippen MR) is 128 cm³/mol. The molecule has 2 rings (SSSR count). The zero-order chi connectivity index (χ0) is 23.0. The molecule has 0 aliphatic heterocycles. The van der Waals surface area contributed by atoms with E-state index in [2.05, 4.69) is 56.4 Å². The van der Waals surface area contributed by atoms with Crippen molar-refractivity contribution < 1.29 is 9.59 Å². The summed E-state index contributed by atoms with van der Waals surface area (Å²) in [4.78, 5) is 27.5. The van der Waals surface area contributed by atoms with E-state index in [4.69, 9.17) is 0 Å². The lowest BCUT2D eigenvalue weighted by Crippen LogP contribution is -2.47. The molecule has 0 saturated carbocycles. The average Bonchev–Trinajstić information content (AvgIpc) is 2.73. The van der Waals surface area contributed by atoms with Crippen molar-refractivity contribution in [1.29, 1.82) is 0 Å². The summed E-state index contributed by atoms with van der Waals surface area (Å²) < 4.78 is 0. The van der Waals surface area contributed by atoms with Crippen LogP contribution >= 0.6 is 0 Å². The van der Waals surface area contributed by atoms with E-state index in [-0.39, 0.29) is 17.2 Å². The number of nitrogens with one attached hydrogen (secondary N) is 1. The summed E-state index contributed by atoms with van der Waals surface area (Å²) in [5, 5.41) is 2.93. The van der Waals surface area contributed by atoms with Gasteiger partial charge < -0.3 is 10.2 Å². The molecule has 0 unspecified atom stereocenters. The summed E-state index contributed by atoms with van der Waals surface area (Å²) in [7, 11) is 0. The zero-order valence-corrected chi connectivity index (χ0v) is 20.0. The summed E-state index contributed by atoms with van der Waals surface area (Å²) in [5.41, 5.74) is 4.72. The summed E-state index contributed by atoms with van der Waals surface area (Å²) >= 11 is 0. The Morgan fingerprint density at radius 3 is 2.29 bits per heavy atom. The molecule has 0 bridgehead atoms. The van der Waals surface area contributed by atoms with Crippen LogP contribution in [0.2, 0.25) is 0 Å². The monoisotopic (exact) mass is 422 g/mol. The van der Waals surface area contributed by atoms with Crippen LogP contribution < -0.4 is 5.32 Å². The lowest BCUT2D eigenvalue weighted by molar-refractivity contribution is -0.140. The van der Waals surface area contributed by atoms with Gasteiger partial charge in [-0.1, -0.05) is 81.8 Å².